The quantitative estimate of drug-likeness (QED) is 0.331. The lowest BCUT2D eigenvalue weighted by atomic mass is 10.1. The van der Waals surface area contributed by atoms with Gasteiger partial charge in [-0.2, -0.15) is 0 Å². The molecule has 2 aliphatic rings. The molecule has 0 bridgehead atoms. The van der Waals surface area contributed by atoms with Crippen LogP contribution in [0, 0.1) is 0 Å². The highest BCUT2D eigenvalue weighted by molar-refractivity contribution is 6.35. The molecule has 0 radical (unpaired) electrons. The fraction of sp³-hybridized carbons (Fsp3) is 0. The molecule has 200 valence electrons. The van der Waals surface area contributed by atoms with Crippen LogP contribution in [0.25, 0.3) is 0 Å². The fourth-order valence-corrected chi connectivity index (χ4v) is 4.72. The SMILES string of the molecule is O=C(O)c1ccc2c(c1)C(=O)N(c1cccc(Oc3cccc(N4C(=O)c5ccc(C(=O)O)cc5C4=O)c3)c1)C2=O. The number of carbonyl (C=O) groups is 6. The molecule has 41 heavy (non-hydrogen) atoms. The summed E-state index contributed by atoms with van der Waals surface area (Å²) in [6.45, 7) is 0. The smallest absolute Gasteiger partial charge is 0.335 e. The monoisotopic (exact) mass is 548 g/mol. The van der Waals surface area contributed by atoms with Crippen molar-refractivity contribution in [1.29, 1.82) is 0 Å². The van der Waals surface area contributed by atoms with Gasteiger partial charge in [0.2, 0.25) is 0 Å². The molecule has 0 fully saturated rings. The summed E-state index contributed by atoms with van der Waals surface area (Å²) in [7, 11) is 0. The predicted molar refractivity (Wildman–Crippen MR) is 142 cm³/mol. The number of benzene rings is 4. The minimum absolute atomic E-state index is 0.0228. The van der Waals surface area contributed by atoms with Crippen molar-refractivity contribution in [3.8, 4) is 11.5 Å². The Kier molecular flexibility index (Phi) is 5.70. The van der Waals surface area contributed by atoms with Gasteiger partial charge in [0.15, 0.2) is 0 Å². The molecule has 0 spiro atoms. The lowest BCUT2D eigenvalue weighted by Crippen LogP contribution is -2.29. The highest BCUT2D eigenvalue weighted by Crippen LogP contribution is 2.35. The van der Waals surface area contributed by atoms with Crippen LogP contribution < -0.4 is 14.5 Å². The number of nitrogens with zero attached hydrogens (tertiary/aromatic N) is 2. The summed E-state index contributed by atoms with van der Waals surface area (Å²) in [4.78, 5) is 76.5. The number of fused-ring (bicyclic) bond motifs is 2. The van der Waals surface area contributed by atoms with Crippen LogP contribution in [0.2, 0.25) is 0 Å². The Labute approximate surface area is 230 Å². The van der Waals surface area contributed by atoms with Gasteiger partial charge in [-0.3, -0.25) is 19.2 Å². The number of hydrogen-bond acceptors (Lipinski definition) is 7. The molecule has 4 aromatic carbocycles. The zero-order valence-electron chi connectivity index (χ0n) is 20.7. The predicted octanol–water partition coefficient (Wildman–Crippen LogP) is 4.48. The van der Waals surface area contributed by atoms with E-state index in [4.69, 9.17) is 4.74 Å². The van der Waals surface area contributed by atoms with E-state index in [1.165, 1.54) is 48.5 Å². The molecule has 0 aromatic heterocycles. The van der Waals surface area contributed by atoms with Crippen LogP contribution in [-0.4, -0.2) is 45.8 Å². The number of anilines is 2. The summed E-state index contributed by atoms with van der Waals surface area (Å²) in [5.41, 5.74) is 0.252. The average molecular weight is 548 g/mol. The van der Waals surface area contributed by atoms with Gasteiger partial charge in [0, 0.05) is 12.1 Å². The molecule has 4 aromatic rings. The summed E-state index contributed by atoms with van der Waals surface area (Å²) in [5.74, 6) is -4.57. The van der Waals surface area contributed by atoms with Crippen LogP contribution >= 0.6 is 0 Å². The van der Waals surface area contributed by atoms with Gasteiger partial charge in [0.1, 0.15) is 11.5 Å². The number of hydrogen-bond donors (Lipinski definition) is 2. The number of carboxylic acid groups (broad SMARTS) is 2. The van der Waals surface area contributed by atoms with E-state index in [9.17, 15) is 39.0 Å². The second-order valence-corrected chi connectivity index (χ2v) is 9.12. The Morgan fingerprint density at radius 2 is 0.902 bits per heavy atom. The van der Waals surface area contributed by atoms with Crippen LogP contribution in [0.5, 0.6) is 11.5 Å². The standard InChI is InChI=1S/C30H16N2O9/c33-25-21-9-7-15(29(37)38)11-23(21)27(35)31(25)17-3-1-5-19(13-17)41-20-6-2-4-18(14-20)32-26(34)22-10-8-16(30(39)40)12-24(22)28(32)36/h1-14H,(H,37,38)(H,39,40). The van der Waals surface area contributed by atoms with Crippen LogP contribution in [0.1, 0.15) is 62.1 Å². The second-order valence-electron chi connectivity index (χ2n) is 9.12. The Morgan fingerprint density at radius 3 is 1.29 bits per heavy atom. The molecule has 2 N–H and O–H groups in total. The number of ether oxygens (including phenoxy) is 1. The summed E-state index contributed by atoms with van der Waals surface area (Å²) < 4.78 is 5.92. The largest absolute Gasteiger partial charge is 0.478 e. The molecule has 11 nitrogen and oxygen atoms in total. The molecule has 0 unspecified atom stereocenters. The normalized spacial score (nSPS) is 13.9. The first-order chi connectivity index (χ1) is 19.6. The molecule has 2 heterocycles. The second kappa shape index (κ2) is 9.27. The molecule has 0 atom stereocenters. The number of imide groups is 2. The summed E-state index contributed by atoms with van der Waals surface area (Å²) in [5, 5.41) is 18.5. The maximum Gasteiger partial charge on any atom is 0.335 e. The molecule has 0 saturated heterocycles. The zero-order chi connectivity index (χ0) is 29.0. The summed E-state index contributed by atoms with van der Waals surface area (Å²) in [6.07, 6.45) is 0. The van der Waals surface area contributed by atoms with Crippen molar-refractivity contribution in [3.05, 3.63) is 118 Å². The molecule has 2 aliphatic heterocycles. The van der Waals surface area contributed by atoms with Crippen molar-refractivity contribution < 1.29 is 43.7 Å². The molecular weight excluding hydrogens is 532 g/mol. The van der Waals surface area contributed by atoms with E-state index in [2.05, 4.69) is 0 Å². The van der Waals surface area contributed by atoms with Crippen molar-refractivity contribution in [2.45, 2.75) is 0 Å². The molecule has 6 rings (SSSR count). The molecular formula is C30H16N2O9. The minimum Gasteiger partial charge on any atom is -0.478 e. The molecule has 4 amide bonds. The number of amides is 4. The van der Waals surface area contributed by atoms with Crippen LogP contribution in [0.3, 0.4) is 0 Å². The highest BCUT2D eigenvalue weighted by Gasteiger charge is 2.38. The summed E-state index contributed by atoms with van der Waals surface area (Å²) >= 11 is 0. The van der Waals surface area contributed by atoms with Gasteiger partial charge in [-0.1, -0.05) is 12.1 Å². The van der Waals surface area contributed by atoms with Crippen molar-refractivity contribution in [1.82, 2.24) is 0 Å². The van der Waals surface area contributed by atoms with Gasteiger partial charge >= 0.3 is 11.9 Å². The maximum absolute atomic E-state index is 13.0. The van der Waals surface area contributed by atoms with E-state index in [0.29, 0.717) is 0 Å². The van der Waals surface area contributed by atoms with Gasteiger partial charge in [-0.05, 0) is 60.7 Å². The van der Waals surface area contributed by atoms with E-state index in [0.717, 1.165) is 21.9 Å². The van der Waals surface area contributed by atoms with Gasteiger partial charge in [0.05, 0.1) is 44.8 Å². The van der Waals surface area contributed by atoms with E-state index in [-0.39, 0.29) is 56.3 Å². The number of carbonyl (C=O) groups excluding carboxylic acids is 4. The van der Waals surface area contributed by atoms with Gasteiger partial charge < -0.3 is 14.9 Å². The van der Waals surface area contributed by atoms with Gasteiger partial charge in [-0.15, -0.1) is 0 Å². The van der Waals surface area contributed by atoms with Crippen LogP contribution in [-0.2, 0) is 0 Å². The minimum atomic E-state index is -1.23. The Hall–Kier alpha value is -6.10. The number of aromatic carboxylic acids is 2. The van der Waals surface area contributed by atoms with E-state index >= 15 is 0 Å². The molecule has 0 aliphatic carbocycles. The summed E-state index contributed by atoms with van der Waals surface area (Å²) in [6, 6.07) is 19.6. The first-order valence-electron chi connectivity index (χ1n) is 12.0. The van der Waals surface area contributed by atoms with E-state index < -0.39 is 35.6 Å². The average Bonchev–Trinajstić information content (AvgIpc) is 3.36. The lowest BCUT2D eigenvalue weighted by Gasteiger charge is -2.17. The highest BCUT2D eigenvalue weighted by atomic mass is 16.5. The zero-order valence-corrected chi connectivity index (χ0v) is 20.7. The topological polar surface area (TPSA) is 159 Å². The first kappa shape index (κ1) is 25.2. The van der Waals surface area contributed by atoms with Gasteiger partial charge in [-0.25, -0.2) is 19.4 Å². The van der Waals surface area contributed by atoms with Crippen molar-refractivity contribution in [2.75, 3.05) is 9.80 Å². The third kappa shape index (κ3) is 4.08. The lowest BCUT2D eigenvalue weighted by molar-refractivity contribution is 0.0686. The first-order valence-corrected chi connectivity index (χ1v) is 12.0. The van der Waals surface area contributed by atoms with Gasteiger partial charge in [0.25, 0.3) is 23.6 Å². The fourth-order valence-electron chi connectivity index (χ4n) is 4.72. The molecule has 0 saturated carbocycles. The van der Waals surface area contributed by atoms with Crippen molar-refractivity contribution >= 4 is 46.9 Å². The third-order valence-electron chi connectivity index (χ3n) is 6.65. The van der Waals surface area contributed by atoms with Crippen LogP contribution in [0.15, 0.2) is 84.9 Å². The third-order valence-corrected chi connectivity index (χ3v) is 6.65. The van der Waals surface area contributed by atoms with E-state index in [1.54, 1.807) is 24.3 Å². The van der Waals surface area contributed by atoms with Crippen molar-refractivity contribution in [2.24, 2.45) is 0 Å². The Balaban J connectivity index is 1.26. The number of rotatable bonds is 6. The maximum atomic E-state index is 13.0. The number of carboxylic acids is 2. The van der Waals surface area contributed by atoms with Crippen LogP contribution in [0.4, 0.5) is 11.4 Å². The van der Waals surface area contributed by atoms with E-state index in [1.807, 2.05) is 0 Å². The Morgan fingerprint density at radius 1 is 0.512 bits per heavy atom. The Bertz CT molecular complexity index is 1740. The van der Waals surface area contributed by atoms with Crippen molar-refractivity contribution in [3.63, 3.8) is 0 Å². The molecule has 11 heteroatoms.